The Balaban J connectivity index is 2.09. The zero-order valence-corrected chi connectivity index (χ0v) is 26.0. The standard InChI is InChI=1S/C29H32Cl3N3O4S/c1-19-13-15-22(16-14-19)40(38,39)35(25-12-8-11-24(31)27(25)32)18-26(36)34(17-21-9-6-7-10-23(21)30)20(2)28(37)33-29(3,4)5/h6-16,20H,17-18H2,1-5H3,(H,33,37)/t20-/m0/s1. The number of nitrogens with one attached hydrogen (secondary N) is 1. The van der Waals surface area contributed by atoms with Crippen LogP contribution in [0.2, 0.25) is 15.1 Å². The fourth-order valence-electron chi connectivity index (χ4n) is 3.90. The first kappa shape index (κ1) is 31.7. The molecule has 3 aromatic rings. The lowest BCUT2D eigenvalue weighted by atomic mass is 10.1. The highest BCUT2D eigenvalue weighted by atomic mass is 35.5. The molecule has 0 saturated heterocycles. The van der Waals surface area contributed by atoms with Crippen LogP contribution in [0.3, 0.4) is 0 Å². The Kier molecular flexibility index (Phi) is 10.2. The number of nitrogens with zero attached hydrogens (tertiary/aromatic N) is 2. The number of carbonyl (C=O) groups is 2. The van der Waals surface area contributed by atoms with Crippen molar-refractivity contribution < 1.29 is 18.0 Å². The van der Waals surface area contributed by atoms with Crippen LogP contribution in [0.15, 0.2) is 71.6 Å². The first-order chi connectivity index (χ1) is 18.6. The Morgan fingerprint density at radius 1 is 0.900 bits per heavy atom. The second-order valence-corrected chi connectivity index (χ2v) is 13.5. The number of benzene rings is 3. The van der Waals surface area contributed by atoms with E-state index >= 15 is 0 Å². The SMILES string of the molecule is Cc1ccc(S(=O)(=O)N(CC(=O)N(Cc2ccccc2Cl)[C@@H](C)C(=O)NC(C)(C)C)c2cccc(Cl)c2Cl)cc1. The minimum Gasteiger partial charge on any atom is -0.350 e. The second kappa shape index (κ2) is 12.8. The van der Waals surface area contributed by atoms with Gasteiger partial charge >= 0.3 is 0 Å². The molecule has 3 rings (SSSR count). The van der Waals surface area contributed by atoms with Crippen LogP contribution in [0.25, 0.3) is 0 Å². The van der Waals surface area contributed by atoms with Crippen molar-refractivity contribution in [2.75, 3.05) is 10.8 Å². The van der Waals surface area contributed by atoms with Crippen LogP contribution in [0.1, 0.15) is 38.8 Å². The summed E-state index contributed by atoms with van der Waals surface area (Å²) in [4.78, 5) is 28.5. The van der Waals surface area contributed by atoms with Crippen molar-refractivity contribution in [2.45, 2.75) is 57.6 Å². The molecule has 0 saturated carbocycles. The average Bonchev–Trinajstić information content (AvgIpc) is 2.87. The molecule has 0 aliphatic carbocycles. The smallest absolute Gasteiger partial charge is 0.264 e. The maximum Gasteiger partial charge on any atom is 0.264 e. The molecule has 0 fully saturated rings. The summed E-state index contributed by atoms with van der Waals surface area (Å²) < 4.78 is 28.8. The fourth-order valence-corrected chi connectivity index (χ4v) is 5.97. The van der Waals surface area contributed by atoms with E-state index < -0.39 is 40.0 Å². The van der Waals surface area contributed by atoms with Gasteiger partial charge in [0.1, 0.15) is 12.6 Å². The number of rotatable bonds is 9. The van der Waals surface area contributed by atoms with Crippen LogP contribution in [0.4, 0.5) is 5.69 Å². The van der Waals surface area contributed by atoms with Crippen LogP contribution in [0.5, 0.6) is 0 Å². The Bertz CT molecular complexity index is 1490. The van der Waals surface area contributed by atoms with Gasteiger partial charge in [-0.3, -0.25) is 13.9 Å². The molecule has 11 heteroatoms. The molecule has 0 radical (unpaired) electrons. The van der Waals surface area contributed by atoms with Crippen molar-refractivity contribution in [1.29, 1.82) is 0 Å². The third-order valence-corrected chi connectivity index (χ3v) is 9.00. The third-order valence-electron chi connectivity index (χ3n) is 6.05. The monoisotopic (exact) mass is 623 g/mol. The molecule has 0 spiro atoms. The van der Waals surface area contributed by atoms with Gasteiger partial charge < -0.3 is 10.2 Å². The molecule has 0 heterocycles. The molecule has 40 heavy (non-hydrogen) atoms. The number of anilines is 1. The molecular formula is C29H32Cl3N3O4S. The number of amides is 2. The molecule has 0 aliphatic rings. The normalized spacial score (nSPS) is 12.5. The van der Waals surface area contributed by atoms with Crippen LogP contribution >= 0.6 is 34.8 Å². The van der Waals surface area contributed by atoms with Crippen LogP contribution in [-0.2, 0) is 26.2 Å². The lowest BCUT2D eigenvalue weighted by molar-refractivity contribution is -0.140. The van der Waals surface area contributed by atoms with Crippen molar-refractivity contribution in [1.82, 2.24) is 10.2 Å². The summed E-state index contributed by atoms with van der Waals surface area (Å²) in [6, 6.07) is 16.8. The fraction of sp³-hybridized carbons (Fsp3) is 0.310. The van der Waals surface area contributed by atoms with Gasteiger partial charge in [0.15, 0.2) is 0 Å². The molecule has 1 atom stereocenters. The van der Waals surface area contributed by atoms with Gasteiger partial charge in [-0.2, -0.15) is 0 Å². The second-order valence-electron chi connectivity index (χ2n) is 10.4. The number of hydrogen-bond acceptors (Lipinski definition) is 4. The van der Waals surface area contributed by atoms with Gasteiger partial charge in [0.25, 0.3) is 10.0 Å². The number of halogens is 3. The van der Waals surface area contributed by atoms with E-state index in [0.29, 0.717) is 10.6 Å². The summed E-state index contributed by atoms with van der Waals surface area (Å²) in [6.45, 7) is 8.23. The predicted octanol–water partition coefficient (Wildman–Crippen LogP) is 6.48. The summed E-state index contributed by atoms with van der Waals surface area (Å²) in [5.41, 5.74) is 0.945. The van der Waals surface area contributed by atoms with Crippen LogP contribution < -0.4 is 9.62 Å². The van der Waals surface area contributed by atoms with Gasteiger partial charge in [-0.15, -0.1) is 0 Å². The van der Waals surface area contributed by atoms with Gasteiger partial charge in [-0.05, 0) is 70.5 Å². The van der Waals surface area contributed by atoms with Gasteiger partial charge in [-0.1, -0.05) is 76.8 Å². The van der Waals surface area contributed by atoms with E-state index in [0.717, 1.165) is 9.87 Å². The number of sulfonamides is 1. The topological polar surface area (TPSA) is 86.8 Å². The first-order valence-corrected chi connectivity index (χ1v) is 15.1. The number of hydrogen-bond donors (Lipinski definition) is 1. The maximum atomic E-state index is 14.0. The highest BCUT2D eigenvalue weighted by Crippen LogP contribution is 2.35. The molecule has 0 bridgehead atoms. The highest BCUT2D eigenvalue weighted by molar-refractivity contribution is 7.92. The van der Waals surface area contributed by atoms with E-state index in [4.69, 9.17) is 34.8 Å². The van der Waals surface area contributed by atoms with Crippen molar-refractivity contribution in [3.63, 3.8) is 0 Å². The first-order valence-electron chi connectivity index (χ1n) is 12.5. The zero-order chi connectivity index (χ0) is 29.8. The Morgan fingerprint density at radius 2 is 1.50 bits per heavy atom. The molecule has 214 valence electrons. The van der Waals surface area contributed by atoms with Crippen molar-refractivity contribution >= 4 is 62.3 Å². The van der Waals surface area contributed by atoms with E-state index in [2.05, 4.69) is 5.32 Å². The van der Waals surface area contributed by atoms with Gasteiger partial charge in [-0.25, -0.2) is 8.42 Å². The van der Waals surface area contributed by atoms with E-state index in [-0.39, 0.29) is 27.2 Å². The summed E-state index contributed by atoms with van der Waals surface area (Å²) in [6.07, 6.45) is 0. The molecular weight excluding hydrogens is 593 g/mol. The van der Waals surface area contributed by atoms with Gasteiger partial charge in [0.05, 0.1) is 20.6 Å². The molecule has 1 N–H and O–H groups in total. The summed E-state index contributed by atoms with van der Waals surface area (Å²) in [5, 5.41) is 3.39. The minimum absolute atomic E-state index is 0.0242. The largest absolute Gasteiger partial charge is 0.350 e. The van der Waals surface area contributed by atoms with Gasteiger partial charge in [0.2, 0.25) is 11.8 Å². The zero-order valence-electron chi connectivity index (χ0n) is 22.9. The highest BCUT2D eigenvalue weighted by Gasteiger charge is 2.34. The van der Waals surface area contributed by atoms with Gasteiger partial charge in [0, 0.05) is 17.1 Å². The summed E-state index contributed by atoms with van der Waals surface area (Å²) in [5.74, 6) is -1.04. The average molecular weight is 625 g/mol. The van der Waals surface area contributed by atoms with E-state index in [1.165, 1.54) is 29.2 Å². The molecule has 7 nitrogen and oxygen atoms in total. The quantitative estimate of drug-likeness (QED) is 0.295. The third kappa shape index (κ3) is 7.69. The number of aryl methyl sites for hydroxylation is 1. The Hall–Kier alpha value is -2.78. The van der Waals surface area contributed by atoms with E-state index in [1.807, 2.05) is 27.7 Å². The molecule has 2 amide bonds. The van der Waals surface area contributed by atoms with E-state index in [1.54, 1.807) is 49.4 Å². The molecule has 0 aromatic heterocycles. The number of carbonyl (C=O) groups excluding carboxylic acids is 2. The van der Waals surface area contributed by atoms with Crippen LogP contribution in [-0.4, -0.2) is 43.3 Å². The molecule has 0 aliphatic heterocycles. The molecule has 0 unspecified atom stereocenters. The van der Waals surface area contributed by atoms with Crippen LogP contribution in [0, 0.1) is 6.92 Å². The maximum absolute atomic E-state index is 14.0. The van der Waals surface area contributed by atoms with Crippen molar-refractivity contribution in [2.24, 2.45) is 0 Å². The predicted molar refractivity (Wildman–Crippen MR) is 162 cm³/mol. The lowest BCUT2D eigenvalue weighted by Crippen LogP contribution is -2.54. The Morgan fingerprint density at radius 3 is 2.10 bits per heavy atom. The van der Waals surface area contributed by atoms with E-state index in [9.17, 15) is 18.0 Å². The summed E-state index contributed by atoms with van der Waals surface area (Å²) in [7, 11) is -4.28. The lowest BCUT2D eigenvalue weighted by Gasteiger charge is -2.34. The van der Waals surface area contributed by atoms with Crippen molar-refractivity contribution in [3.05, 3.63) is 92.9 Å². The Labute approximate surface area is 251 Å². The minimum atomic E-state index is -4.28. The molecule has 3 aromatic carbocycles. The van der Waals surface area contributed by atoms with Crippen molar-refractivity contribution in [3.8, 4) is 0 Å². The summed E-state index contributed by atoms with van der Waals surface area (Å²) >= 11 is 19.1.